The molecule has 3 N–H and O–H groups in total. The molecule has 0 atom stereocenters. The van der Waals surface area contributed by atoms with Crippen molar-refractivity contribution < 1.29 is 0 Å². The van der Waals surface area contributed by atoms with Crippen LogP contribution in [0.1, 0.15) is 5.56 Å². The summed E-state index contributed by atoms with van der Waals surface area (Å²) >= 11 is 1.71. The first kappa shape index (κ1) is 12.4. The van der Waals surface area contributed by atoms with Crippen LogP contribution in [0.25, 0.3) is 0 Å². The van der Waals surface area contributed by atoms with E-state index in [1.807, 2.05) is 12.3 Å². The fraction of sp³-hybridized carbons (Fsp3) is 0.273. The van der Waals surface area contributed by atoms with E-state index in [0.717, 1.165) is 6.42 Å². The molecule has 0 heterocycles. The number of guanidine groups is 1. The molecule has 0 radical (unpaired) electrons. The zero-order valence-corrected chi connectivity index (χ0v) is 9.92. The molecule has 0 aliphatic carbocycles. The quantitative estimate of drug-likeness (QED) is 0.271. The third-order valence-corrected chi connectivity index (χ3v) is 2.73. The lowest BCUT2D eigenvalue weighted by atomic mass is 10.1. The number of nitrogens with one attached hydrogen (secondary N) is 1. The minimum atomic E-state index is 0.170. The van der Waals surface area contributed by atoms with Gasteiger partial charge in [-0.3, -0.25) is 10.3 Å². The van der Waals surface area contributed by atoms with Crippen molar-refractivity contribution in [3.05, 3.63) is 29.8 Å². The highest BCUT2D eigenvalue weighted by atomic mass is 32.2. The monoisotopic (exact) mass is 234 g/mol. The lowest BCUT2D eigenvalue weighted by Crippen LogP contribution is -2.27. The molecule has 0 saturated carbocycles. The Kier molecular flexibility index (Phi) is 5.23. The van der Waals surface area contributed by atoms with Gasteiger partial charge >= 0.3 is 0 Å². The SMILES string of the molecule is CSc1cccc(CCN=C(N)NC#N)c1. The van der Waals surface area contributed by atoms with Crippen LogP contribution >= 0.6 is 11.8 Å². The minimum absolute atomic E-state index is 0.170. The van der Waals surface area contributed by atoms with Crippen molar-refractivity contribution in [3.8, 4) is 6.19 Å². The van der Waals surface area contributed by atoms with Gasteiger partial charge in [0, 0.05) is 11.4 Å². The standard InChI is InChI=1S/C11H14N4S/c1-16-10-4-2-3-9(7-10)5-6-14-11(13)15-8-12/h2-4,7H,5-6H2,1H3,(H3,13,14,15). The fourth-order valence-electron chi connectivity index (χ4n) is 1.23. The molecule has 0 unspecified atom stereocenters. The second-order valence-corrected chi connectivity index (χ2v) is 3.98. The molecular weight excluding hydrogens is 220 g/mol. The number of benzene rings is 1. The topological polar surface area (TPSA) is 74.2 Å². The highest BCUT2D eigenvalue weighted by molar-refractivity contribution is 7.98. The second-order valence-electron chi connectivity index (χ2n) is 3.11. The van der Waals surface area contributed by atoms with Gasteiger partial charge in [0.05, 0.1) is 0 Å². The van der Waals surface area contributed by atoms with Crippen LogP contribution in [0.3, 0.4) is 0 Å². The fourth-order valence-corrected chi connectivity index (χ4v) is 1.71. The van der Waals surface area contributed by atoms with Gasteiger partial charge in [0.2, 0.25) is 5.96 Å². The van der Waals surface area contributed by atoms with E-state index in [1.165, 1.54) is 10.5 Å². The molecule has 0 amide bonds. The maximum Gasteiger partial charge on any atom is 0.202 e. The molecule has 1 aromatic carbocycles. The van der Waals surface area contributed by atoms with Gasteiger partial charge in [-0.15, -0.1) is 11.8 Å². The van der Waals surface area contributed by atoms with E-state index in [1.54, 1.807) is 18.0 Å². The van der Waals surface area contributed by atoms with Crippen molar-refractivity contribution in [2.75, 3.05) is 12.8 Å². The van der Waals surface area contributed by atoms with Crippen molar-refractivity contribution in [2.45, 2.75) is 11.3 Å². The summed E-state index contributed by atoms with van der Waals surface area (Å²) in [5, 5.41) is 10.6. The Hall–Kier alpha value is -1.67. The van der Waals surface area contributed by atoms with Gasteiger partial charge in [0.25, 0.3) is 0 Å². The highest BCUT2D eigenvalue weighted by Crippen LogP contribution is 2.15. The Morgan fingerprint density at radius 2 is 2.44 bits per heavy atom. The Morgan fingerprint density at radius 1 is 1.62 bits per heavy atom. The maximum atomic E-state index is 8.30. The summed E-state index contributed by atoms with van der Waals surface area (Å²) in [5.41, 5.74) is 6.64. The van der Waals surface area contributed by atoms with Crippen LogP contribution in [0.15, 0.2) is 34.2 Å². The van der Waals surface area contributed by atoms with Crippen molar-refractivity contribution in [2.24, 2.45) is 10.7 Å². The number of nitriles is 1. The molecular formula is C11H14N4S. The minimum Gasteiger partial charge on any atom is -0.369 e. The van der Waals surface area contributed by atoms with Crippen molar-refractivity contribution in [1.82, 2.24) is 5.32 Å². The van der Waals surface area contributed by atoms with Crippen molar-refractivity contribution in [1.29, 1.82) is 5.26 Å². The summed E-state index contributed by atoms with van der Waals surface area (Å²) < 4.78 is 0. The molecule has 0 spiro atoms. The van der Waals surface area contributed by atoms with Gasteiger partial charge in [-0.1, -0.05) is 12.1 Å². The molecule has 0 fully saturated rings. The van der Waals surface area contributed by atoms with E-state index in [0.29, 0.717) is 6.54 Å². The number of thioether (sulfide) groups is 1. The summed E-state index contributed by atoms with van der Waals surface area (Å²) in [6, 6.07) is 8.29. The number of rotatable bonds is 4. The van der Waals surface area contributed by atoms with Crippen LogP contribution in [0.2, 0.25) is 0 Å². The van der Waals surface area contributed by atoms with E-state index in [2.05, 4.69) is 28.5 Å². The molecule has 0 bridgehead atoms. The first-order chi connectivity index (χ1) is 7.76. The van der Waals surface area contributed by atoms with Gasteiger partial charge in [-0.05, 0) is 30.4 Å². The predicted octanol–water partition coefficient (Wildman–Crippen LogP) is 1.34. The summed E-state index contributed by atoms with van der Waals surface area (Å²) in [6.45, 7) is 0.582. The zero-order chi connectivity index (χ0) is 11.8. The number of hydrogen-bond acceptors (Lipinski definition) is 3. The Bertz CT molecular complexity index is 409. The summed E-state index contributed by atoms with van der Waals surface area (Å²) in [5.74, 6) is 0.170. The number of nitrogens with zero attached hydrogens (tertiary/aromatic N) is 2. The summed E-state index contributed by atoms with van der Waals surface area (Å²) in [4.78, 5) is 5.26. The summed E-state index contributed by atoms with van der Waals surface area (Å²) in [7, 11) is 0. The van der Waals surface area contributed by atoms with Crippen LogP contribution in [-0.2, 0) is 6.42 Å². The molecule has 0 aromatic heterocycles. The van der Waals surface area contributed by atoms with Crippen LogP contribution in [0.4, 0.5) is 0 Å². The second kappa shape index (κ2) is 6.75. The van der Waals surface area contributed by atoms with Crippen LogP contribution in [-0.4, -0.2) is 18.8 Å². The van der Waals surface area contributed by atoms with Crippen LogP contribution in [0.5, 0.6) is 0 Å². The lowest BCUT2D eigenvalue weighted by Gasteiger charge is -2.01. The van der Waals surface area contributed by atoms with Crippen molar-refractivity contribution >= 4 is 17.7 Å². The average Bonchev–Trinajstić information content (AvgIpc) is 2.30. The average molecular weight is 234 g/mol. The largest absolute Gasteiger partial charge is 0.369 e. The molecule has 0 aliphatic rings. The van der Waals surface area contributed by atoms with Crippen LogP contribution in [0, 0.1) is 11.5 Å². The molecule has 84 valence electrons. The van der Waals surface area contributed by atoms with E-state index in [-0.39, 0.29) is 5.96 Å². The van der Waals surface area contributed by atoms with Gasteiger partial charge in [-0.2, -0.15) is 5.26 Å². The Morgan fingerprint density at radius 3 is 3.12 bits per heavy atom. The smallest absolute Gasteiger partial charge is 0.202 e. The van der Waals surface area contributed by atoms with E-state index < -0.39 is 0 Å². The lowest BCUT2D eigenvalue weighted by molar-refractivity contribution is 0.949. The van der Waals surface area contributed by atoms with Gasteiger partial charge in [0.15, 0.2) is 6.19 Å². The molecule has 1 rings (SSSR count). The highest BCUT2D eigenvalue weighted by Gasteiger charge is 1.95. The van der Waals surface area contributed by atoms with E-state index in [9.17, 15) is 0 Å². The van der Waals surface area contributed by atoms with Gasteiger partial charge < -0.3 is 5.73 Å². The number of nitrogens with two attached hydrogens (primary N) is 1. The van der Waals surface area contributed by atoms with Gasteiger partial charge in [0.1, 0.15) is 0 Å². The zero-order valence-electron chi connectivity index (χ0n) is 9.10. The molecule has 4 nitrogen and oxygen atoms in total. The molecule has 16 heavy (non-hydrogen) atoms. The molecule has 0 saturated heterocycles. The molecule has 1 aromatic rings. The first-order valence-electron chi connectivity index (χ1n) is 4.84. The Labute approximate surface area is 99.6 Å². The van der Waals surface area contributed by atoms with Crippen molar-refractivity contribution in [3.63, 3.8) is 0 Å². The summed E-state index contributed by atoms with van der Waals surface area (Å²) in [6.07, 6.45) is 4.59. The molecule has 0 aliphatic heterocycles. The maximum absolute atomic E-state index is 8.30. The Balaban J connectivity index is 2.49. The normalized spacial score (nSPS) is 10.9. The number of aliphatic imine (C=N–C) groups is 1. The third-order valence-electron chi connectivity index (χ3n) is 2.00. The first-order valence-corrected chi connectivity index (χ1v) is 6.06. The van der Waals surface area contributed by atoms with E-state index >= 15 is 0 Å². The predicted molar refractivity (Wildman–Crippen MR) is 67.2 cm³/mol. The van der Waals surface area contributed by atoms with Gasteiger partial charge in [-0.25, -0.2) is 0 Å². The molecule has 5 heteroatoms. The number of hydrogen-bond donors (Lipinski definition) is 2. The van der Waals surface area contributed by atoms with E-state index in [4.69, 9.17) is 11.0 Å². The third kappa shape index (κ3) is 4.24. The van der Waals surface area contributed by atoms with Crippen LogP contribution < -0.4 is 11.1 Å².